The number of halogens is 5. The molecule has 0 aliphatic rings. The van der Waals surface area contributed by atoms with Crippen LogP contribution in [0, 0.1) is 6.92 Å². The van der Waals surface area contributed by atoms with Gasteiger partial charge in [0.25, 0.3) is 0 Å². The molecule has 0 radical (unpaired) electrons. The zero-order valence-electron chi connectivity index (χ0n) is 10.3. The van der Waals surface area contributed by atoms with Crippen molar-refractivity contribution in [3.05, 3.63) is 51.3 Å². The summed E-state index contributed by atoms with van der Waals surface area (Å²) < 4.78 is 39.4. The van der Waals surface area contributed by atoms with Crippen molar-refractivity contribution in [1.29, 1.82) is 0 Å². The molecule has 0 unspecified atom stereocenters. The van der Waals surface area contributed by atoms with Crippen LogP contribution in [-0.2, 0) is 12.8 Å². The highest BCUT2D eigenvalue weighted by atomic mass is 35.5. The van der Waals surface area contributed by atoms with Gasteiger partial charge in [-0.1, -0.05) is 23.2 Å². The Bertz CT molecular complexity index is 627. The molecule has 1 heterocycles. The summed E-state index contributed by atoms with van der Waals surface area (Å²) in [6.45, 7) is 1.60. The lowest BCUT2D eigenvalue weighted by atomic mass is 10.2. The zero-order chi connectivity index (χ0) is 15.1. The van der Waals surface area contributed by atoms with Crippen molar-refractivity contribution >= 4 is 23.2 Å². The van der Waals surface area contributed by atoms with Gasteiger partial charge in [-0.15, -0.1) is 0 Å². The van der Waals surface area contributed by atoms with E-state index in [0.29, 0.717) is 5.56 Å². The molecule has 0 amide bonds. The van der Waals surface area contributed by atoms with E-state index in [0.717, 1.165) is 17.7 Å². The van der Waals surface area contributed by atoms with Crippen molar-refractivity contribution in [3.8, 4) is 5.69 Å². The van der Waals surface area contributed by atoms with Crippen molar-refractivity contribution in [2.24, 2.45) is 0 Å². The van der Waals surface area contributed by atoms with E-state index in [2.05, 4.69) is 0 Å². The number of aryl methyl sites for hydroxylation is 1. The molecule has 108 valence electrons. The molecule has 0 saturated carbocycles. The van der Waals surface area contributed by atoms with Gasteiger partial charge in [-0.2, -0.15) is 13.2 Å². The third kappa shape index (κ3) is 2.80. The van der Waals surface area contributed by atoms with E-state index in [1.165, 1.54) is 4.57 Å². The van der Waals surface area contributed by atoms with Crippen molar-refractivity contribution < 1.29 is 18.3 Å². The summed E-state index contributed by atoms with van der Waals surface area (Å²) in [6, 6.07) is 1.66. The van der Waals surface area contributed by atoms with Gasteiger partial charge in [0.2, 0.25) is 0 Å². The lowest BCUT2D eigenvalue weighted by Gasteiger charge is -2.13. The number of aliphatic hydroxyl groups excluding tert-OH is 1. The molecule has 2 nitrogen and oxygen atoms in total. The molecule has 0 spiro atoms. The molecular formula is C13H10Cl2F3NO. The first-order chi connectivity index (χ1) is 9.24. The largest absolute Gasteiger partial charge is 0.416 e. The molecule has 0 aliphatic heterocycles. The number of nitrogens with zero attached hydrogens (tertiary/aromatic N) is 1. The zero-order valence-corrected chi connectivity index (χ0v) is 11.8. The second-order valence-electron chi connectivity index (χ2n) is 4.32. The van der Waals surface area contributed by atoms with Crippen LogP contribution in [0.4, 0.5) is 13.2 Å². The number of rotatable bonds is 2. The van der Waals surface area contributed by atoms with Crippen LogP contribution in [0.1, 0.15) is 16.7 Å². The normalized spacial score (nSPS) is 11.9. The van der Waals surface area contributed by atoms with Gasteiger partial charge in [0, 0.05) is 12.4 Å². The second kappa shape index (κ2) is 5.31. The first kappa shape index (κ1) is 15.2. The molecule has 0 bridgehead atoms. The summed E-state index contributed by atoms with van der Waals surface area (Å²) in [5.74, 6) is 0. The van der Waals surface area contributed by atoms with E-state index in [4.69, 9.17) is 28.3 Å². The van der Waals surface area contributed by atoms with Crippen molar-refractivity contribution in [3.63, 3.8) is 0 Å². The number of hydrogen-bond donors (Lipinski definition) is 1. The lowest BCUT2D eigenvalue weighted by Crippen LogP contribution is -2.06. The standard InChI is InChI=1S/C13H10Cl2F3NO/c1-7-4-19(5-8(7)6-20)12-10(14)2-9(3-11(12)15)13(16,17)18/h2-5,20H,6H2,1H3. The Balaban J connectivity index is 2.58. The van der Waals surface area contributed by atoms with Crippen LogP contribution in [0.15, 0.2) is 24.5 Å². The van der Waals surface area contributed by atoms with Crippen LogP contribution >= 0.6 is 23.2 Å². The van der Waals surface area contributed by atoms with E-state index in [-0.39, 0.29) is 22.3 Å². The predicted molar refractivity (Wildman–Crippen MR) is 71.5 cm³/mol. The molecule has 2 aromatic rings. The van der Waals surface area contributed by atoms with Gasteiger partial charge in [0.05, 0.1) is 27.9 Å². The summed E-state index contributed by atoms with van der Waals surface area (Å²) in [4.78, 5) is 0. The summed E-state index contributed by atoms with van der Waals surface area (Å²) >= 11 is 11.8. The third-order valence-electron chi connectivity index (χ3n) is 2.91. The maximum absolute atomic E-state index is 12.6. The number of aromatic nitrogens is 1. The first-order valence-corrected chi connectivity index (χ1v) is 6.34. The van der Waals surface area contributed by atoms with Crippen LogP contribution in [0.5, 0.6) is 0 Å². The van der Waals surface area contributed by atoms with E-state index < -0.39 is 11.7 Å². The average Bonchev–Trinajstić information content (AvgIpc) is 2.68. The van der Waals surface area contributed by atoms with E-state index in [1.807, 2.05) is 0 Å². The fourth-order valence-corrected chi connectivity index (χ4v) is 2.55. The van der Waals surface area contributed by atoms with Gasteiger partial charge in [0.15, 0.2) is 0 Å². The highest BCUT2D eigenvalue weighted by Gasteiger charge is 2.32. The minimum atomic E-state index is -4.51. The van der Waals surface area contributed by atoms with Crippen molar-refractivity contribution in [2.45, 2.75) is 19.7 Å². The monoisotopic (exact) mass is 323 g/mol. The fraction of sp³-hybridized carbons (Fsp3) is 0.231. The summed E-state index contributed by atoms with van der Waals surface area (Å²) in [5, 5.41) is 8.93. The Morgan fingerprint density at radius 2 is 1.70 bits per heavy atom. The third-order valence-corrected chi connectivity index (χ3v) is 3.48. The summed E-state index contributed by atoms with van der Waals surface area (Å²) in [5.41, 5.74) is 0.795. The minimum absolute atomic E-state index is 0.107. The number of aliphatic hydroxyl groups is 1. The van der Waals surface area contributed by atoms with Gasteiger partial charge in [-0.05, 0) is 30.2 Å². The van der Waals surface area contributed by atoms with Gasteiger partial charge in [0.1, 0.15) is 0 Å². The first-order valence-electron chi connectivity index (χ1n) is 5.59. The molecule has 7 heteroatoms. The molecule has 20 heavy (non-hydrogen) atoms. The molecule has 2 rings (SSSR count). The van der Waals surface area contributed by atoms with E-state index >= 15 is 0 Å². The van der Waals surface area contributed by atoms with Crippen molar-refractivity contribution in [1.82, 2.24) is 4.57 Å². The molecule has 0 aliphatic carbocycles. The Morgan fingerprint density at radius 1 is 1.15 bits per heavy atom. The maximum atomic E-state index is 12.6. The van der Waals surface area contributed by atoms with Crippen LogP contribution in [-0.4, -0.2) is 9.67 Å². The fourth-order valence-electron chi connectivity index (χ4n) is 1.87. The molecule has 1 N–H and O–H groups in total. The number of hydrogen-bond acceptors (Lipinski definition) is 1. The highest BCUT2D eigenvalue weighted by Crippen LogP contribution is 2.37. The molecule has 0 saturated heterocycles. The Labute approximate surface area is 123 Å². The second-order valence-corrected chi connectivity index (χ2v) is 5.13. The summed E-state index contributed by atoms with van der Waals surface area (Å²) in [6.07, 6.45) is -1.28. The van der Waals surface area contributed by atoms with Crippen LogP contribution < -0.4 is 0 Å². The Kier molecular flexibility index (Phi) is 4.04. The Morgan fingerprint density at radius 3 is 2.10 bits per heavy atom. The molecule has 1 aromatic heterocycles. The number of benzene rings is 1. The van der Waals surface area contributed by atoms with Gasteiger partial charge in [-0.25, -0.2) is 0 Å². The highest BCUT2D eigenvalue weighted by molar-refractivity contribution is 6.37. The lowest BCUT2D eigenvalue weighted by molar-refractivity contribution is -0.137. The van der Waals surface area contributed by atoms with E-state index in [1.54, 1.807) is 19.3 Å². The van der Waals surface area contributed by atoms with E-state index in [9.17, 15) is 13.2 Å². The number of alkyl halides is 3. The quantitative estimate of drug-likeness (QED) is 0.858. The van der Waals surface area contributed by atoms with Crippen LogP contribution in [0.2, 0.25) is 10.0 Å². The van der Waals surface area contributed by atoms with Gasteiger partial charge >= 0.3 is 6.18 Å². The average molecular weight is 324 g/mol. The van der Waals surface area contributed by atoms with Crippen LogP contribution in [0.25, 0.3) is 5.69 Å². The SMILES string of the molecule is Cc1cn(-c2c(Cl)cc(C(F)(F)F)cc2Cl)cc1CO. The molecule has 0 fully saturated rings. The Hall–Kier alpha value is -1.17. The van der Waals surface area contributed by atoms with Crippen molar-refractivity contribution in [2.75, 3.05) is 0 Å². The molecule has 0 atom stereocenters. The smallest absolute Gasteiger partial charge is 0.392 e. The van der Waals surface area contributed by atoms with Gasteiger partial charge < -0.3 is 9.67 Å². The maximum Gasteiger partial charge on any atom is 0.416 e. The molecular weight excluding hydrogens is 314 g/mol. The van der Waals surface area contributed by atoms with Crippen LogP contribution in [0.3, 0.4) is 0 Å². The topological polar surface area (TPSA) is 25.2 Å². The minimum Gasteiger partial charge on any atom is -0.392 e. The molecule has 1 aromatic carbocycles. The summed E-state index contributed by atoms with van der Waals surface area (Å²) in [7, 11) is 0. The van der Waals surface area contributed by atoms with Gasteiger partial charge in [-0.3, -0.25) is 0 Å². The predicted octanol–water partition coefficient (Wildman–Crippen LogP) is 4.60.